The van der Waals surface area contributed by atoms with Crippen molar-refractivity contribution in [3.63, 3.8) is 0 Å². The molecule has 1 aromatic rings. The number of fused-ring (bicyclic) bond motifs is 1. The fraction of sp³-hybridized carbons (Fsp3) is 0.789. The fourth-order valence-electron chi connectivity index (χ4n) is 3.43. The van der Waals surface area contributed by atoms with Crippen molar-refractivity contribution in [3.8, 4) is 0 Å². The largest absolute Gasteiger partial charge is 0.377 e. The van der Waals surface area contributed by atoms with E-state index < -0.39 is 0 Å². The van der Waals surface area contributed by atoms with Crippen molar-refractivity contribution in [3.05, 3.63) is 15.6 Å². The SMILES string of the molecule is CCNC(=NCCOCC1CCCO1)N(C)Cc1nc2c(s1)CCCC2.I. The highest BCUT2D eigenvalue weighted by Gasteiger charge is 2.17. The highest BCUT2D eigenvalue weighted by Crippen LogP contribution is 2.27. The first-order valence-electron chi connectivity index (χ1n) is 9.92. The maximum absolute atomic E-state index is 5.71. The minimum Gasteiger partial charge on any atom is -0.377 e. The minimum absolute atomic E-state index is 0. The van der Waals surface area contributed by atoms with E-state index in [1.807, 2.05) is 11.3 Å². The summed E-state index contributed by atoms with van der Waals surface area (Å²) in [5.74, 6) is 0.918. The van der Waals surface area contributed by atoms with Crippen molar-refractivity contribution in [2.75, 3.05) is 40.0 Å². The van der Waals surface area contributed by atoms with Gasteiger partial charge in [0, 0.05) is 25.1 Å². The Kier molecular flexibility index (Phi) is 10.3. The van der Waals surface area contributed by atoms with Gasteiger partial charge in [0.1, 0.15) is 5.01 Å². The third-order valence-corrected chi connectivity index (χ3v) is 5.93. The summed E-state index contributed by atoms with van der Waals surface area (Å²) in [4.78, 5) is 13.2. The first kappa shape index (κ1) is 22.8. The van der Waals surface area contributed by atoms with Crippen molar-refractivity contribution < 1.29 is 9.47 Å². The zero-order valence-corrected chi connectivity index (χ0v) is 19.7. The van der Waals surface area contributed by atoms with E-state index in [4.69, 9.17) is 19.5 Å². The Morgan fingerprint density at radius 1 is 1.37 bits per heavy atom. The average molecular weight is 508 g/mol. The lowest BCUT2D eigenvalue weighted by molar-refractivity contribution is 0.0199. The van der Waals surface area contributed by atoms with E-state index in [0.29, 0.717) is 19.8 Å². The lowest BCUT2D eigenvalue weighted by atomic mass is 10.0. The number of hydrogen-bond acceptors (Lipinski definition) is 5. The first-order valence-corrected chi connectivity index (χ1v) is 10.7. The molecule has 0 bridgehead atoms. The summed E-state index contributed by atoms with van der Waals surface area (Å²) in [6.07, 6.45) is 7.49. The van der Waals surface area contributed by atoms with E-state index in [-0.39, 0.29) is 30.1 Å². The number of aliphatic imine (C=N–C) groups is 1. The van der Waals surface area contributed by atoms with Crippen LogP contribution in [0, 0.1) is 0 Å². The van der Waals surface area contributed by atoms with Gasteiger partial charge in [0.05, 0.1) is 38.1 Å². The van der Waals surface area contributed by atoms with Crippen LogP contribution in [0.1, 0.15) is 48.2 Å². The standard InChI is InChI=1S/C19H32N4O2S.HI/c1-3-20-19(21-10-12-24-14-15-7-6-11-25-15)23(2)13-18-22-16-8-4-5-9-17(16)26-18;/h15H,3-14H2,1-2H3,(H,20,21);1H. The molecule has 1 N–H and O–H groups in total. The van der Waals surface area contributed by atoms with Crippen LogP contribution in [-0.4, -0.2) is 61.9 Å². The van der Waals surface area contributed by atoms with Crippen molar-refractivity contribution in [2.45, 2.75) is 58.1 Å². The van der Waals surface area contributed by atoms with E-state index in [1.165, 1.54) is 34.8 Å². The molecule has 1 aromatic heterocycles. The van der Waals surface area contributed by atoms with Gasteiger partial charge < -0.3 is 19.7 Å². The number of nitrogens with one attached hydrogen (secondary N) is 1. The number of aryl methyl sites for hydroxylation is 2. The highest BCUT2D eigenvalue weighted by atomic mass is 127. The molecule has 1 atom stereocenters. The van der Waals surface area contributed by atoms with Gasteiger partial charge in [0.25, 0.3) is 0 Å². The van der Waals surface area contributed by atoms with Crippen LogP contribution in [0.4, 0.5) is 0 Å². The maximum Gasteiger partial charge on any atom is 0.194 e. The number of rotatable bonds is 8. The Balaban J connectivity index is 0.00000261. The molecule has 1 unspecified atom stereocenters. The number of aromatic nitrogens is 1. The lowest BCUT2D eigenvalue weighted by Gasteiger charge is -2.21. The quantitative estimate of drug-likeness (QED) is 0.253. The topological polar surface area (TPSA) is 59.0 Å². The molecule has 0 aromatic carbocycles. The lowest BCUT2D eigenvalue weighted by Crippen LogP contribution is -2.38. The third-order valence-electron chi connectivity index (χ3n) is 4.78. The van der Waals surface area contributed by atoms with Crippen molar-refractivity contribution in [1.82, 2.24) is 15.2 Å². The van der Waals surface area contributed by atoms with Crippen LogP contribution in [0.2, 0.25) is 0 Å². The normalized spacial score (nSPS) is 19.5. The molecular weight excluding hydrogens is 475 g/mol. The van der Waals surface area contributed by atoms with Gasteiger partial charge in [-0.1, -0.05) is 0 Å². The van der Waals surface area contributed by atoms with Gasteiger partial charge in [0.15, 0.2) is 5.96 Å². The fourth-order valence-corrected chi connectivity index (χ4v) is 4.64. The number of nitrogens with zero attached hydrogens (tertiary/aromatic N) is 3. The van der Waals surface area contributed by atoms with Gasteiger partial charge in [-0.05, 0) is 45.4 Å². The van der Waals surface area contributed by atoms with E-state index >= 15 is 0 Å². The number of ether oxygens (including phenoxy) is 2. The molecule has 0 spiro atoms. The molecule has 1 aliphatic heterocycles. The number of halogens is 1. The average Bonchev–Trinajstić information content (AvgIpc) is 3.29. The molecule has 27 heavy (non-hydrogen) atoms. The van der Waals surface area contributed by atoms with Crippen LogP contribution in [-0.2, 0) is 28.9 Å². The van der Waals surface area contributed by atoms with Crippen LogP contribution in [0.3, 0.4) is 0 Å². The van der Waals surface area contributed by atoms with Crippen molar-refractivity contribution in [2.24, 2.45) is 4.99 Å². The second kappa shape index (κ2) is 12.2. The summed E-state index contributed by atoms with van der Waals surface area (Å²) >= 11 is 1.87. The Hall–Kier alpha value is -0.450. The molecule has 154 valence electrons. The predicted octanol–water partition coefficient (Wildman–Crippen LogP) is 3.23. The molecule has 6 nitrogen and oxygen atoms in total. The molecule has 8 heteroatoms. The van der Waals surface area contributed by atoms with Crippen LogP contribution in [0.15, 0.2) is 4.99 Å². The number of guanidine groups is 1. The van der Waals surface area contributed by atoms with E-state index in [0.717, 1.165) is 44.9 Å². The van der Waals surface area contributed by atoms with Gasteiger partial charge in [-0.2, -0.15) is 0 Å². The van der Waals surface area contributed by atoms with Gasteiger partial charge >= 0.3 is 0 Å². The summed E-state index contributed by atoms with van der Waals surface area (Å²) in [5, 5.41) is 4.56. The zero-order chi connectivity index (χ0) is 18.2. The molecule has 1 aliphatic carbocycles. The third kappa shape index (κ3) is 7.14. The Bertz CT molecular complexity index is 567. The zero-order valence-electron chi connectivity index (χ0n) is 16.5. The molecule has 3 rings (SSSR count). The molecule has 0 amide bonds. The molecule has 1 fully saturated rings. The number of thiazole rings is 1. The van der Waals surface area contributed by atoms with E-state index in [9.17, 15) is 0 Å². The smallest absolute Gasteiger partial charge is 0.194 e. The second-order valence-electron chi connectivity index (χ2n) is 6.99. The van der Waals surface area contributed by atoms with Gasteiger partial charge in [-0.3, -0.25) is 4.99 Å². The molecule has 2 aliphatic rings. The van der Waals surface area contributed by atoms with Crippen LogP contribution in [0.5, 0.6) is 0 Å². The maximum atomic E-state index is 5.71. The first-order chi connectivity index (χ1) is 12.8. The Labute approximate surface area is 184 Å². The van der Waals surface area contributed by atoms with Crippen LogP contribution >= 0.6 is 35.3 Å². The van der Waals surface area contributed by atoms with E-state index in [2.05, 4.69) is 24.2 Å². The minimum atomic E-state index is 0. The van der Waals surface area contributed by atoms with Crippen molar-refractivity contribution >= 4 is 41.3 Å². The Morgan fingerprint density at radius 2 is 2.22 bits per heavy atom. The highest BCUT2D eigenvalue weighted by molar-refractivity contribution is 14.0. The summed E-state index contributed by atoms with van der Waals surface area (Å²) in [6.45, 7) is 6.62. The Morgan fingerprint density at radius 3 is 2.96 bits per heavy atom. The molecule has 0 saturated carbocycles. The van der Waals surface area contributed by atoms with Crippen LogP contribution < -0.4 is 5.32 Å². The van der Waals surface area contributed by atoms with E-state index in [1.54, 1.807) is 0 Å². The van der Waals surface area contributed by atoms with Gasteiger partial charge in [-0.15, -0.1) is 35.3 Å². The molecule has 1 saturated heterocycles. The van der Waals surface area contributed by atoms with Gasteiger partial charge in [-0.25, -0.2) is 4.98 Å². The molecule has 0 radical (unpaired) electrons. The summed E-state index contributed by atoms with van der Waals surface area (Å²) in [5.41, 5.74) is 1.33. The monoisotopic (exact) mass is 508 g/mol. The van der Waals surface area contributed by atoms with Gasteiger partial charge in [0.2, 0.25) is 0 Å². The molecular formula is C19H33IN4O2S. The second-order valence-corrected chi connectivity index (χ2v) is 8.15. The number of hydrogen-bond donors (Lipinski definition) is 1. The summed E-state index contributed by atoms with van der Waals surface area (Å²) < 4.78 is 11.3. The van der Waals surface area contributed by atoms with Crippen LogP contribution in [0.25, 0.3) is 0 Å². The summed E-state index contributed by atoms with van der Waals surface area (Å²) in [7, 11) is 2.08. The summed E-state index contributed by atoms with van der Waals surface area (Å²) in [6, 6.07) is 0. The van der Waals surface area contributed by atoms with Crippen molar-refractivity contribution in [1.29, 1.82) is 0 Å². The molecule has 2 heterocycles. The predicted molar refractivity (Wildman–Crippen MR) is 121 cm³/mol.